The molecule has 28 heavy (non-hydrogen) atoms. The largest absolute Gasteiger partial charge is 0.382 e. The Bertz CT molecular complexity index is 1030. The summed E-state index contributed by atoms with van der Waals surface area (Å²) >= 11 is 0. The molecule has 3 rings (SSSR count). The number of nitro benzene ring substituents is 1. The molecule has 0 fully saturated rings. The number of non-ortho nitro benzene ring substituents is 1. The Kier molecular flexibility index (Phi) is 5.70. The molecule has 0 amide bonds. The number of nitrogens with zero attached hydrogens (tertiary/aromatic N) is 6. The van der Waals surface area contributed by atoms with Gasteiger partial charge in [0.25, 0.3) is 5.69 Å². The monoisotopic (exact) mass is 382 g/mol. The van der Waals surface area contributed by atoms with Crippen molar-refractivity contribution in [1.29, 1.82) is 0 Å². The fraction of sp³-hybridized carbons (Fsp3) is 0.222. The minimum Gasteiger partial charge on any atom is -0.382 e. The minimum atomic E-state index is -0.467. The first kappa shape index (κ1) is 19.1. The maximum Gasteiger partial charge on any atom is 0.269 e. The molecule has 0 atom stereocenters. The van der Waals surface area contributed by atoms with E-state index >= 15 is 0 Å². The molecule has 0 aliphatic rings. The predicted octanol–water partition coefficient (Wildman–Crippen LogP) is 2.81. The van der Waals surface area contributed by atoms with Crippen molar-refractivity contribution in [2.75, 3.05) is 12.8 Å². The zero-order chi connectivity index (χ0) is 20.1. The fourth-order valence-electron chi connectivity index (χ4n) is 2.67. The van der Waals surface area contributed by atoms with Crippen LogP contribution in [-0.2, 0) is 24.9 Å². The summed E-state index contributed by atoms with van der Waals surface area (Å²) in [7, 11) is 3.45. The zero-order valence-corrected chi connectivity index (χ0v) is 15.5. The van der Waals surface area contributed by atoms with Crippen LogP contribution in [0, 0.1) is 10.1 Å². The van der Waals surface area contributed by atoms with Crippen LogP contribution in [0.1, 0.15) is 11.1 Å². The Morgan fingerprint density at radius 3 is 2.82 bits per heavy atom. The topological polar surface area (TPSA) is 125 Å². The molecule has 0 radical (unpaired) electrons. The molecule has 0 aliphatic carbocycles. The van der Waals surface area contributed by atoms with Crippen molar-refractivity contribution in [3.05, 3.63) is 70.2 Å². The summed E-state index contributed by atoms with van der Waals surface area (Å²) < 4.78 is 8.67. The van der Waals surface area contributed by atoms with Crippen molar-refractivity contribution in [2.24, 2.45) is 17.3 Å². The van der Waals surface area contributed by atoms with Gasteiger partial charge in [-0.25, -0.2) is 9.25 Å². The van der Waals surface area contributed by atoms with Gasteiger partial charge in [0.2, 0.25) is 0 Å². The van der Waals surface area contributed by atoms with Crippen molar-refractivity contribution >= 4 is 22.9 Å². The predicted molar refractivity (Wildman–Crippen MR) is 101 cm³/mol. The van der Waals surface area contributed by atoms with Gasteiger partial charge in [-0.1, -0.05) is 0 Å². The second-order valence-electron chi connectivity index (χ2n) is 6.15. The maximum absolute atomic E-state index is 10.9. The lowest BCUT2D eigenvalue weighted by Gasteiger charge is -2.04. The van der Waals surface area contributed by atoms with Crippen LogP contribution in [0.2, 0.25) is 0 Å². The normalized spacial score (nSPS) is 11.2. The molecule has 0 saturated carbocycles. The van der Waals surface area contributed by atoms with E-state index in [0.29, 0.717) is 29.3 Å². The number of nitrogens with two attached hydrogens (primary N) is 1. The average Bonchev–Trinajstić information content (AvgIpc) is 3.00. The van der Waals surface area contributed by atoms with Gasteiger partial charge in [-0.05, 0) is 12.1 Å². The summed E-state index contributed by atoms with van der Waals surface area (Å²) in [5.74, 6) is 0.380. The number of pyridine rings is 1. The molecular formula is C18H20N7O3+. The number of nitrogen functional groups attached to an aromatic ring is 1. The molecule has 1 aromatic carbocycles. The lowest BCUT2D eigenvalue weighted by Crippen LogP contribution is -2.27. The summed E-state index contributed by atoms with van der Waals surface area (Å²) in [6, 6.07) is 8.24. The molecule has 144 valence electrons. The van der Waals surface area contributed by atoms with Gasteiger partial charge >= 0.3 is 0 Å². The highest BCUT2D eigenvalue weighted by molar-refractivity contribution is 5.57. The zero-order valence-electron chi connectivity index (χ0n) is 15.5. The lowest BCUT2D eigenvalue weighted by molar-refractivity contribution is -0.671. The fourth-order valence-corrected chi connectivity index (χ4v) is 2.67. The van der Waals surface area contributed by atoms with Crippen molar-refractivity contribution in [2.45, 2.75) is 13.2 Å². The third kappa shape index (κ3) is 4.35. The van der Waals surface area contributed by atoms with Crippen LogP contribution in [0.25, 0.3) is 0 Å². The van der Waals surface area contributed by atoms with Gasteiger partial charge in [-0.3, -0.25) is 10.1 Å². The third-order valence-electron chi connectivity index (χ3n) is 4.03. The van der Waals surface area contributed by atoms with Crippen LogP contribution in [0.3, 0.4) is 0 Å². The summed E-state index contributed by atoms with van der Waals surface area (Å²) in [6.45, 7) is 0.679. The maximum atomic E-state index is 10.9. The Morgan fingerprint density at radius 1 is 1.32 bits per heavy atom. The summed E-state index contributed by atoms with van der Waals surface area (Å²) in [4.78, 5) is 10.5. The van der Waals surface area contributed by atoms with Gasteiger partial charge in [0, 0.05) is 36.4 Å². The van der Waals surface area contributed by atoms with Crippen LogP contribution in [-0.4, -0.2) is 21.8 Å². The van der Waals surface area contributed by atoms with Crippen LogP contribution >= 0.6 is 0 Å². The molecule has 2 N–H and O–H groups in total. The molecule has 2 heterocycles. The van der Waals surface area contributed by atoms with E-state index in [4.69, 9.17) is 10.5 Å². The van der Waals surface area contributed by atoms with Crippen molar-refractivity contribution in [3.8, 4) is 0 Å². The first-order valence-corrected chi connectivity index (χ1v) is 8.41. The van der Waals surface area contributed by atoms with Crippen LogP contribution in [0.5, 0.6) is 0 Å². The number of hydrogen-bond donors (Lipinski definition) is 1. The number of anilines is 1. The van der Waals surface area contributed by atoms with Crippen LogP contribution in [0.15, 0.2) is 59.2 Å². The van der Waals surface area contributed by atoms with Crippen molar-refractivity contribution < 1.29 is 14.2 Å². The SMILES string of the molecule is COCc1cc([N+](=O)[O-])ccc1/N=N/c1cnn(Cc2ccc[n+](C)c2)c1N. The Balaban J connectivity index is 1.83. The van der Waals surface area contributed by atoms with E-state index in [1.807, 2.05) is 36.1 Å². The molecule has 2 aromatic heterocycles. The van der Waals surface area contributed by atoms with E-state index in [1.54, 1.807) is 4.68 Å². The number of azo groups is 1. The Hall–Kier alpha value is -3.66. The van der Waals surface area contributed by atoms with Crippen molar-refractivity contribution in [3.63, 3.8) is 0 Å². The first-order chi connectivity index (χ1) is 13.5. The van der Waals surface area contributed by atoms with E-state index in [9.17, 15) is 10.1 Å². The van der Waals surface area contributed by atoms with E-state index < -0.39 is 4.92 Å². The number of ether oxygens (including phenoxy) is 1. The molecule has 10 nitrogen and oxygen atoms in total. The molecule has 0 bridgehead atoms. The van der Waals surface area contributed by atoms with Crippen molar-refractivity contribution in [1.82, 2.24) is 9.78 Å². The molecular weight excluding hydrogens is 362 g/mol. The highest BCUT2D eigenvalue weighted by atomic mass is 16.6. The van der Waals surface area contributed by atoms with E-state index in [2.05, 4.69) is 15.3 Å². The van der Waals surface area contributed by atoms with Crippen LogP contribution in [0.4, 0.5) is 22.9 Å². The Morgan fingerprint density at radius 2 is 2.11 bits per heavy atom. The summed E-state index contributed by atoms with van der Waals surface area (Å²) in [5.41, 5.74) is 8.59. The molecule has 10 heteroatoms. The number of rotatable bonds is 7. The van der Waals surface area contributed by atoms with E-state index in [-0.39, 0.29) is 12.3 Å². The lowest BCUT2D eigenvalue weighted by atomic mass is 10.1. The number of aromatic nitrogens is 3. The van der Waals surface area contributed by atoms with Gasteiger partial charge < -0.3 is 10.5 Å². The second-order valence-corrected chi connectivity index (χ2v) is 6.15. The van der Waals surface area contributed by atoms with Gasteiger partial charge in [0.15, 0.2) is 12.4 Å². The standard InChI is InChI=1S/C18H20N7O3/c1-23-7-3-4-13(10-23)11-24-18(19)17(9-20-24)22-21-16-6-5-15(25(26)27)8-14(16)12-28-2/h3-10H,11-12,19H2,1-2H3/q+1/b22-21+. The van der Waals surface area contributed by atoms with Gasteiger partial charge in [0.05, 0.1) is 30.0 Å². The number of benzene rings is 1. The third-order valence-corrected chi connectivity index (χ3v) is 4.03. The van der Waals surface area contributed by atoms with Gasteiger partial charge in [-0.2, -0.15) is 5.10 Å². The van der Waals surface area contributed by atoms with Gasteiger partial charge in [0.1, 0.15) is 18.6 Å². The Labute approximate surface area is 161 Å². The van der Waals surface area contributed by atoms with Crippen LogP contribution < -0.4 is 10.3 Å². The van der Waals surface area contributed by atoms with Gasteiger partial charge in [-0.15, -0.1) is 10.2 Å². The number of nitro groups is 1. The number of hydrogen-bond acceptors (Lipinski definition) is 7. The average molecular weight is 382 g/mol. The quantitative estimate of drug-likeness (QED) is 0.291. The summed E-state index contributed by atoms with van der Waals surface area (Å²) in [5, 5.41) is 23.5. The smallest absolute Gasteiger partial charge is 0.269 e. The summed E-state index contributed by atoms with van der Waals surface area (Å²) in [6.07, 6.45) is 5.46. The highest BCUT2D eigenvalue weighted by Crippen LogP contribution is 2.29. The highest BCUT2D eigenvalue weighted by Gasteiger charge is 2.12. The first-order valence-electron chi connectivity index (χ1n) is 8.41. The molecule has 0 aliphatic heterocycles. The minimum absolute atomic E-state index is 0.0330. The molecule has 3 aromatic rings. The van der Waals surface area contributed by atoms with E-state index in [0.717, 1.165) is 5.56 Å². The number of aryl methyl sites for hydroxylation is 1. The second kappa shape index (κ2) is 8.35. The molecule has 0 spiro atoms. The number of methoxy groups -OCH3 is 1. The molecule has 0 saturated heterocycles. The van der Waals surface area contributed by atoms with E-state index in [1.165, 1.54) is 31.5 Å². The molecule has 0 unspecified atom stereocenters.